The molecule has 2 rings (SSSR count). The summed E-state index contributed by atoms with van der Waals surface area (Å²) in [5.41, 5.74) is 2.43. The second-order valence-electron chi connectivity index (χ2n) is 5.37. The van der Waals surface area contributed by atoms with Crippen LogP contribution < -0.4 is 10.1 Å². The molecule has 0 radical (unpaired) electrons. The number of hydrogen-bond acceptors (Lipinski definition) is 3. The second-order valence-corrected chi connectivity index (χ2v) is 5.37. The first kappa shape index (κ1) is 15.6. The molecular formula is C17H25N3O. The zero-order chi connectivity index (χ0) is 15.2. The fourth-order valence-corrected chi connectivity index (χ4v) is 2.43. The zero-order valence-corrected chi connectivity index (χ0v) is 13.4. The van der Waals surface area contributed by atoms with Crippen LogP contribution in [0.4, 0.5) is 0 Å². The lowest BCUT2D eigenvalue weighted by molar-refractivity contribution is 0.311. The van der Waals surface area contributed by atoms with E-state index in [0.717, 1.165) is 24.5 Å². The molecular weight excluding hydrogens is 262 g/mol. The van der Waals surface area contributed by atoms with Crippen molar-refractivity contribution in [2.45, 2.75) is 33.2 Å². The molecule has 4 heteroatoms. The zero-order valence-electron chi connectivity index (χ0n) is 13.4. The van der Waals surface area contributed by atoms with Crippen LogP contribution in [-0.4, -0.2) is 22.7 Å². The topological polar surface area (TPSA) is 39.1 Å². The van der Waals surface area contributed by atoms with Gasteiger partial charge in [-0.1, -0.05) is 19.1 Å². The predicted molar refractivity (Wildman–Crippen MR) is 85.7 cm³/mol. The number of rotatable bonds is 7. The number of benzene rings is 1. The molecule has 0 spiro atoms. The summed E-state index contributed by atoms with van der Waals surface area (Å²) in [5.74, 6) is 2.02. The highest BCUT2D eigenvalue weighted by atomic mass is 16.5. The van der Waals surface area contributed by atoms with E-state index in [1.807, 2.05) is 24.0 Å². The minimum atomic E-state index is 0.291. The molecule has 0 aliphatic carbocycles. The first-order chi connectivity index (χ1) is 10.1. The summed E-state index contributed by atoms with van der Waals surface area (Å²) >= 11 is 0. The van der Waals surface area contributed by atoms with Crippen LogP contribution in [0.2, 0.25) is 0 Å². The summed E-state index contributed by atoms with van der Waals surface area (Å²) in [5, 5.41) is 3.44. The van der Waals surface area contributed by atoms with Gasteiger partial charge in [0.2, 0.25) is 0 Å². The van der Waals surface area contributed by atoms with Crippen LogP contribution in [0.1, 0.15) is 36.8 Å². The second kappa shape index (κ2) is 7.27. The highest BCUT2D eigenvalue weighted by Crippen LogP contribution is 2.26. The van der Waals surface area contributed by atoms with Gasteiger partial charge in [-0.2, -0.15) is 0 Å². The van der Waals surface area contributed by atoms with Gasteiger partial charge < -0.3 is 14.6 Å². The molecule has 2 aromatic rings. The summed E-state index contributed by atoms with van der Waals surface area (Å²) in [7, 11) is 2.01. The van der Waals surface area contributed by atoms with Crippen LogP contribution in [0.5, 0.6) is 5.75 Å². The Hall–Kier alpha value is -1.81. The molecule has 0 saturated carbocycles. The van der Waals surface area contributed by atoms with Crippen molar-refractivity contribution in [1.29, 1.82) is 0 Å². The Morgan fingerprint density at radius 2 is 2.19 bits per heavy atom. The van der Waals surface area contributed by atoms with E-state index in [1.54, 1.807) is 0 Å². The molecule has 21 heavy (non-hydrogen) atoms. The average molecular weight is 287 g/mol. The van der Waals surface area contributed by atoms with E-state index >= 15 is 0 Å². The van der Waals surface area contributed by atoms with Crippen LogP contribution in [0.25, 0.3) is 0 Å². The quantitative estimate of drug-likeness (QED) is 0.851. The van der Waals surface area contributed by atoms with Crippen molar-refractivity contribution < 1.29 is 4.74 Å². The van der Waals surface area contributed by atoms with E-state index < -0.39 is 0 Å². The lowest BCUT2D eigenvalue weighted by Gasteiger charge is -2.18. The maximum atomic E-state index is 6.02. The summed E-state index contributed by atoms with van der Waals surface area (Å²) in [6, 6.07) is 6.69. The van der Waals surface area contributed by atoms with E-state index in [2.05, 4.69) is 49.3 Å². The lowest BCUT2D eigenvalue weighted by atomic mass is 10.0. The van der Waals surface area contributed by atoms with Gasteiger partial charge in [-0.15, -0.1) is 0 Å². The standard InChI is InChI=1S/C17H25N3O/c1-5-18-14(3)15-7-6-13(2)12-16(15)21-11-8-17-19-9-10-20(17)4/h6-7,9-10,12,14,18H,5,8,11H2,1-4H3. The highest BCUT2D eigenvalue weighted by Gasteiger charge is 2.11. The van der Waals surface area contributed by atoms with Gasteiger partial charge in [0.15, 0.2) is 0 Å². The summed E-state index contributed by atoms with van der Waals surface area (Å²) in [6.07, 6.45) is 4.59. The predicted octanol–water partition coefficient (Wildman–Crippen LogP) is 3.02. The smallest absolute Gasteiger partial charge is 0.124 e. The van der Waals surface area contributed by atoms with Gasteiger partial charge in [-0.3, -0.25) is 0 Å². The molecule has 4 nitrogen and oxygen atoms in total. The SMILES string of the molecule is CCNC(C)c1ccc(C)cc1OCCc1nccn1C. The van der Waals surface area contributed by atoms with Gasteiger partial charge in [0.1, 0.15) is 11.6 Å². The third kappa shape index (κ3) is 4.08. The third-order valence-electron chi connectivity index (χ3n) is 3.65. The molecule has 1 aromatic heterocycles. The monoisotopic (exact) mass is 287 g/mol. The van der Waals surface area contributed by atoms with Crippen LogP contribution in [-0.2, 0) is 13.5 Å². The van der Waals surface area contributed by atoms with Gasteiger partial charge in [-0.05, 0) is 32.0 Å². The minimum absolute atomic E-state index is 0.291. The van der Waals surface area contributed by atoms with Crippen molar-refractivity contribution in [3.63, 3.8) is 0 Å². The lowest BCUT2D eigenvalue weighted by Crippen LogP contribution is -2.19. The van der Waals surface area contributed by atoms with Crippen LogP contribution in [0.15, 0.2) is 30.6 Å². The summed E-state index contributed by atoms with van der Waals surface area (Å²) in [4.78, 5) is 4.32. The van der Waals surface area contributed by atoms with Gasteiger partial charge in [0, 0.05) is 37.5 Å². The van der Waals surface area contributed by atoms with Gasteiger partial charge in [-0.25, -0.2) is 4.98 Å². The molecule has 0 bridgehead atoms. The Kier molecular flexibility index (Phi) is 5.39. The summed E-state index contributed by atoms with van der Waals surface area (Å²) in [6.45, 7) is 7.96. The number of ether oxygens (including phenoxy) is 1. The Labute approximate surface area is 127 Å². The van der Waals surface area contributed by atoms with E-state index in [-0.39, 0.29) is 0 Å². The van der Waals surface area contributed by atoms with E-state index in [0.29, 0.717) is 12.6 Å². The molecule has 1 heterocycles. The van der Waals surface area contributed by atoms with Crippen molar-refractivity contribution in [2.75, 3.05) is 13.2 Å². The Morgan fingerprint density at radius 1 is 1.38 bits per heavy atom. The number of imidazole rings is 1. The summed E-state index contributed by atoms with van der Waals surface area (Å²) < 4.78 is 8.05. The van der Waals surface area contributed by atoms with Gasteiger partial charge in [0.25, 0.3) is 0 Å². The molecule has 1 N–H and O–H groups in total. The number of nitrogens with zero attached hydrogens (tertiary/aromatic N) is 2. The van der Waals surface area contributed by atoms with Crippen molar-refractivity contribution in [3.05, 3.63) is 47.5 Å². The largest absolute Gasteiger partial charge is 0.493 e. The molecule has 0 aliphatic heterocycles. The Morgan fingerprint density at radius 3 is 2.86 bits per heavy atom. The first-order valence-electron chi connectivity index (χ1n) is 7.54. The van der Waals surface area contributed by atoms with Crippen LogP contribution in [0, 0.1) is 6.92 Å². The van der Waals surface area contributed by atoms with Gasteiger partial charge >= 0.3 is 0 Å². The van der Waals surface area contributed by atoms with Crippen molar-refractivity contribution >= 4 is 0 Å². The molecule has 1 unspecified atom stereocenters. The van der Waals surface area contributed by atoms with Crippen LogP contribution >= 0.6 is 0 Å². The van der Waals surface area contributed by atoms with Crippen molar-refractivity contribution in [2.24, 2.45) is 7.05 Å². The van der Waals surface area contributed by atoms with Crippen LogP contribution in [0.3, 0.4) is 0 Å². The number of nitrogens with one attached hydrogen (secondary N) is 1. The molecule has 0 aliphatic rings. The molecule has 1 atom stereocenters. The highest BCUT2D eigenvalue weighted by molar-refractivity contribution is 5.39. The average Bonchev–Trinajstić information content (AvgIpc) is 2.85. The first-order valence-corrected chi connectivity index (χ1v) is 7.54. The van der Waals surface area contributed by atoms with Gasteiger partial charge in [0.05, 0.1) is 6.61 Å². The fraction of sp³-hybridized carbons (Fsp3) is 0.471. The third-order valence-corrected chi connectivity index (χ3v) is 3.65. The maximum absolute atomic E-state index is 6.02. The van der Waals surface area contributed by atoms with Crippen molar-refractivity contribution in [3.8, 4) is 5.75 Å². The Bertz CT molecular complexity index is 577. The number of aryl methyl sites for hydroxylation is 2. The van der Waals surface area contributed by atoms with E-state index in [4.69, 9.17) is 4.74 Å². The fourth-order valence-electron chi connectivity index (χ4n) is 2.43. The van der Waals surface area contributed by atoms with E-state index in [1.165, 1.54) is 11.1 Å². The number of hydrogen-bond donors (Lipinski definition) is 1. The molecule has 0 saturated heterocycles. The minimum Gasteiger partial charge on any atom is -0.493 e. The van der Waals surface area contributed by atoms with Crippen molar-refractivity contribution in [1.82, 2.24) is 14.9 Å². The number of aromatic nitrogens is 2. The normalized spacial score (nSPS) is 12.4. The maximum Gasteiger partial charge on any atom is 0.124 e. The molecule has 0 amide bonds. The molecule has 1 aromatic carbocycles. The molecule has 114 valence electrons. The molecule has 0 fully saturated rings. The Balaban J connectivity index is 2.04. The van der Waals surface area contributed by atoms with E-state index in [9.17, 15) is 0 Å².